The van der Waals surface area contributed by atoms with Gasteiger partial charge in [-0.15, -0.1) is 0 Å². The molecule has 0 saturated heterocycles. The SMILES string of the molecule is CCCCC.N.[HH]. The maximum Gasteiger partial charge on any atom is 0 e. The lowest BCUT2D eigenvalue weighted by atomic mass is 10.3. The molecule has 0 aliphatic carbocycles. The highest BCUT2D eigenvalue weighted by Crippen LogP contribution is 1.88. The molecule has 0 aliphatic heterocycles. The molecule has 0 aromatic heterocycles. The summed E-state index contributed by atoms with van der Waals surface area (Å²) in [7, 11) is 0. The van der Waals surface area contributed by atoms with E-state index in [1.165, 1.54) is 19.3 Å². The average molecular weight is 91.2 g/mol. The van der Waals surface area contributed by atoms with E-state index in [2.05, 4.69) is 13.8 Å². The first kappa shape index (κ1) is 9.35. The molecule has 0 fully saturated rings. The fourth-order valence-corrected chi connectivity index (χ4v) is 0.354. The molecule has 0 saturated carbocycles. The molecule has 6 heavy (non-hydrogen) atoms. The van der Waals surface area contributed by atoms with Crippen LogP contribution in [0.3, 0.4) is 0 Å². The van der Waals surface area contributed by atoms with Crippen molar-refractivity contribution >= 4 is 0 Å². The molecule has 1 heteroatoms. The van der Waals surface area contributed by atoms with Gasteiger partial charge in [-0.2, -0.15) is 0 Å². The first-order valence-electron chi connectivity index (χ1n) is 2.41. The third-order valence-electron chi connectivity index (χ3n) is 0.707. The summed E-state index contributed by atoms with van der Waals surface area (Å²) in [5, 5.41) is 0. The van der Waals surface area contributed by atoms with Crippen LogP contribution in [0.25, 0.3) is 0 Å². The topological polar surface area (TPSA) is 35.0 Å². The summed E-state index contributed by atoms with van der Waals surface area (Å²) in [6.07, 6.45) is 4.08. The van der Waals surface area contributed by atoms with E-state index in [1.54, 1.807) is 0 Å². The first-order chi connectivity index (χ1) is 2.41. The van der Waals surface area contributed by atoms with Gasteiger partial charge in [-0.05, 0) is 0 Å². The minimum Gasteiger partial charge on any atom is -0.344 e. The quantitative estimate of drug-likeness (QED) is 0.557. The molecule has 3 N–H and O–H groups in total. The Morgan fingerprint density at radius 2 is 1.50 bits per heavy atom. The third-order valence-corrected chi connectivity index (χ3v) is 0.707. The number of rotatable bonds is 2. The standard InChI is InChI=1S/C5H12.H3N.H2/c1-3-5-4-2;;/h3-5H2,1-2H3;1H3;1H. The lowest BCUT2D eigenvalue weighted by Crippen LogP contribution is -1.59. The molecule has 0 amide bonds. The molecule has 0 aromatic rings. The summed E-state index contributed by atoms with van der Waals surface area (Å²) >= 11 is 0. The van der Waals surface area contributed by atoms with E-state index in [4.69, 9.17) is 0 Å². The van der Waals surface area contributed by atoms with Crippen molar-refractivity contribution in [3.8, 4) is 0 Å². The Labute approximate surface area is 41.8 Å². The zero-order valence-corrected chi connectivity index (χ0v) is 4.83. The molecule has 0 unspecified atom stereocenters. The summed E-state index contributed by atoms with van der Waals surface area (Å²) in [6, 6.07) is 0. The lowest BCUT2D eigenvalue weighted by Gasteiger charge is -1.79. The van der Waals surface area contributed by atoms with Gasteiger partial charge in [0.2, 0.25) is 0 Å². The molecule has 42 valence electrons. The number of hydrogen-bond acceptors (Lipinski definition) is 1. The summed E-state index contributed by atoms with van der Waals surface area (Å²) < 4.78 is 0. The van der Waals surface area contributed by atoms with Gasteiger partial charge in [0.25, 0.3) is 0 Å². The molecule has 0 spiro atoms. The van der Waals surface area contributed by atoms with E-state index < -0.39 is 0 Å². The monoisotopic (exact) mass is 91.1 g/mol. The van der Waals surface area contributed by atoms with Crippen LogP contribution in [0.4, 0.5) is 0 Å². The van der Waals surface area contributed by atoms with Crippen LogP contribution in [0.5, 0.6) is 0 Å². The molecule has 0 heterocycles. The van der Waals surface area contributed by atoms with Crippen LogP contribution in [0.2, 0.25) is 0 Å². The van der Waals surface area contributed by atoms with Gasteiger partial charge in [-0.1, -0.05) is 33.1 Å². The van der Waals surface area contributed by atoms with E-state index in [1.807, 2.05) is 0 Å². The van der Waals surface area contributed by atoms with Crippen molar-refractivity contribution in [3.05, 3.63) is 0 Å². The molecule has 0 bridgehead atoms. The van der Waals surface area contributed by atoms with Gasteiger partial charge in [-0.25, -0.2) is 0 Å². The van der Waals surface area contributed by atoms with E-state index in [0.29, 0.717) is 0 Å². The predicted octanol–water partition coefficient (Wildman–Crippen LogP) is 2.60. The van der Waals surface area contributed by atoms with Crippen molar-refractivity contribution in [1.29, 1.82) is 0 Å². The van der Waals surface area contributed by atoms with Crippen molar-refractivity contribution in [2.45, 2.75) is 33.1 Å². The van der Waals surface area contributed by atoms with Crippen molar-refractivity contribution in [3.63, 3.8) is 0 Å². The first-order valence-corrected chi connectivity index (χ1v) is 2.41. The molecule has 0 atom stereocenters. The van der Waals surface area contributed by atoms with Gasteiger partial charge in [0, 0.05) is 1.43 Å². The Morgan fingerprint density at radius 3 is 1.50 bits per heavy atom. The van der Waals surface area contributed by atoms with Crippen LogP contribution < -0.4 is 6.15 Å². The maximum atomic E-state index is 2.21. The van der Waals surface area contributed by atoms with Crippen LogP contribution in [0.1, 0.15) is 34.5 Å². The largest absolute Gasteiger partial charge is 0.344 e. The molecule has 0 aromatic carbocycles. The summed E-state index contributed by atoms with van der Waals surface area (Å²) in [6.45, 7) is 4.42. The molecular formula is C5H17N. The molecule has 0 rings (SSSR count). The van der Waals surface area contributed by atoms with E-state index in [0.717, 1.165) is 0 Å². The van der Waals surface area contributed by atoms with E-state index in [-0.39, 0.29) is 7.58 Å². The minimum absolute atomic E-state index is 0. The van der Waals surface area contributed by atoms with Crippen LogP contribution >= 0.6 is 0 Å². The summed E-state index contributed by atoms with van der Waals surface area (Å²) in [5.74, 6) is 0. The second-order valence-corrected chi connectivity index (χ2v) is 1.35. The highest BCUT2D eigenvalue weighted by molar-refractivity contribution is 4.24. The molecule has 0 radical (unpaired) electrons. The van der Waals surface area contributed by atoms with Gasteiger partial charge in [-0.3, -0.25) is 0 Å². The van der Waals surface area contributed by atoms with Crippen LogP contribution in [0.15, 0.2) is 0 Å². The fourth-order valence-electron chi connectivity index (χ4n) is 0.354. The van der Waals surface area contributed by atoms with Gasteiger partial charge >= 0.3 is 0 Å². The molecular weight excluding hydrogens is 74.1 g/mol. The maximum absolute atomic E-state index is 2.21. The minimum atomic E-state index is 0. The highest BCUT2D eigenvalue weighted by atomic mass is 14.0. The normalized spacial score (nSPS) is 7.00. The van der Waals surface area contributed by atoms with E-state index >= 15 is 0 Å². The second-order valence-electron chi connectivity index (χ2n) is 1.35. The van der Waals surface area contributed by atoms with Gasteiger partial charge in [0.05, 0.1) is 0 Å². The zero-order chi connectivity index (χ0) is 4.12. The van der Waals surface area contributed by atoms with Crippen molar-refractivity contribution in [2.75, 3.05) is 0 Å². The summed E-state index contributed by atoms with van der Waals surface area (Å²) in [5.41, 5.74) is 0. The van der Waals surface area contributed by atoms with Gasteiger partial charge in [0.15, 0.2) is 0 Å². The average Bonchev–Trinajstić information content (AvgIpc) is 1.41. The highest BCUT2D eigenvalue weighted by Gasteiger charge is 1.68. The van der Waals surface area contributed by atoms with Gasteiger partial charge in [0.1, 0.15) is 0 Å². The Kier molecular flexibility index (Phi) is 13.8. The molecule has 0 aliphatic rings. The smallest absolute Gasteiger partial charge is 0 e. The number of hydrogen-bond donors (Lipinski definition) is 1. The Morgan fingerprint density at radius 1 is 1.17 bits per heavy atom. The van der Waals surface area contributed by atoms with Gasteiger partial charge < -0.3 is 6.15 Å². The Balaban J connectivity index is -0.0000000800. The second kappa shape index (κ2) is 8.88. The zero-order valence-electron chi connectivity index (χ0n) is 4.83. The van der Waals surface area contributed by atoms with Crippen molar-refractivity contribution < 1.29 is 1.43 Å². The van der Waals surface area contributed by atoms with Crippen LogP contribution in [-0.2, 0) is 0 Å². The Hall–Kier alpha value is -0.0400. The third kappa shape index (κ3) is 9.03. The van der Waals surface area contributed by atoms with Crippen molar-refractivity contribution in [1.82, 2.24) is 6.15 Å². The lowest BCUT2D eigenvalue weighted by molar-refractivity contribution is 0.772. The Bertz CT molecular complexity index is 15.6. The van der Waals surface area contributed by atoms with Crippen LogP contribution in [-0.4, -0.2) is 0 Å². The van der Waals surface area contributed by atoms with E-state index in [9.17, 15) is 0 Å². The summed E-state index contributed by atoms with van der Waals surface area (Å²) in [4.78, 5) is 0. The number of unbranched alkanes of at least 4 members (excludes halogenated alkanes) is 2. The predicted molar refractivity (Wildman–Crippen MR) is 32.3 cm³/mol. The van der Waals surface area contributed by atoms with Crippen LogP contribution in [0, 0.1) is 0 Å². The van der Waals surface area contributed by atoms with Crippen molar-refractivity contribution in [2.24, 2.45) is 0 Å². The molecule has 1 nitrogen and oxygen atoms in total. The fraction of sp³-hybridized carbons (Fsp3) is 1.00.